The average Bonchev–Trinajstić information content (AvgIpc) is 2.43. The molecule has 1 rings (SSSR count). The van der Waals surface area contributed by atoms with Crippen molar-refractivity contribution in [1.82, 2.24) is 5.32 Å². The Morgan fingerprint density at radius 1 is 1.45 bits per heavy atom. The van der Waals surface area contributed by atoms with Crippen molar-refractivity contribution < 1.29 is 13.2 Å². The molecule has 0 aromatic rings. The van der Waals surface area contributed by atoms with Crippen LogP contribution in [0.4, 0.5) is 13.2 Å². The summed E-state index contributed by atoms with van der Waals surface area (Å²) >= 11 is 0. The van der Waals surface area contributed by atoms with Crippen LogP contribution >= 0.6 is 0 Å². The van der Waals surface area contributed by atoms with Crippen molar-refractivity contribution in [2.24, 2.45) is 5.92 Å². The van der Waals surface area contributed by atoms with Gasteiger partial charge in [0.15, 0.2) is 0 Å². The van der Waals surface area contributed by atoms with Gasteiger partial charge in [0.1, 0.15) is 0 Å². The molecule has 0 fully saturated rings. The van der Waals surface area contributed by atoms with Gasteiger partial charge < -0.3 is 5.32 Å². The van der Waals surface area contributed by atoms with E-state index in [1.165, 1.54) is 17.8 Å². The van der Waals surface area contributed by atoms with E-state index in [2.05, 4.69) is 11.4 Å². The second-order valence-electron chi connectivity index (χ2n) is 5.94. The number of rotatable bonds is 7. The predicted octanol–water partition coefficient (Wildman–Crippen LogP) is 5.68. The molecule has 124 valence electrons. The Morgan fingerprint density at radius 2 is 2.18 bits per heavy atom. The maximum Gasteiger partial charge on any atom is 0.416 e. The molecule has 1 nitrogen and oxygen atoms in total. The van der Waals surface area contributed by atoms with Crippen molar-refractivity contribution in [2.45, 2.75) is 58.7 Å². The minimum atomic E-state index is -4.30. The van der Waals surface area contributed by atoms with Crippen molar-refractivity contribution >= 4 is 0 Å². The van der Waals surface area contributed by atoms with Gasteiger partial charge in [-0.3, -0.25) is 0 Å². The lowest BCUT2D eigenvalue weighted by Gasteiger charge is -2.15. The summed E-state index contributed by atoms with van der Waals surface area (Å²) in [4.78, 5) is 0. The summed E-state index contributed by atoms with van der Waals surface area (Å²) < 4.78 is 39.0. The molecule has 0 aliphatic heterocycles. The van der Waals surface area contributed by atoms with Gasteiger partial charge in [-0.05, 0) is 38.0 Å². The molecule has 2 unspecified atom stereocenters. The number of hydrogen-bond donors (Lipinski definition) is 1. The SMILES string of the molecule is CCCC(C)CC=C(/C=C/NC1C=CC(C)=CC1)C(F)(F)F. The quantitative estimate of drug-likeness (QED) is 0.596. The summed E-state index contributed by atoms with van der Waals surface area (Å²) in [6.07, 6.45) is 8.76. The van der Waals surface area contributed by atoms with Crippen molar-refractivity contribution in [3.63, 3.8) is 0 Å². The molecular formula is C18H26F3N. The Bertz CT molecular complexity index is 455. The van der Waals surface area contributed by atoms with Crippen LogP contribution in [0.15, 0.2) is 47.7 Å². The Hall–Kier alpha value is -1.45. The van der Waals surface area contributed by atoms with Gasteiger partial charge in [0.25, 0.3) is 0 Å². The van der Waals surface area contributed by atoms with Crippen LogP contribution in [-0.2, 0) is 0 Å². The van der Waals surface area contributed by atoms with E-state index < -0.39 is 11.7 Å². The monoisotopic (exact) mass is 313 g/mol. The molecule has 2 atom stereocenters. The average molecular weight is 313 g/mol. The Morgan fingerprint density at radius 3 is 2.73 bits per heavy atom. The second kappa shape index (κ2) is 8.86. The van der Waals surface area contributed by atoms with Crippen LogP contribution in [0.1, 0.15) is 46.5 Å². The number of allylic oxidation sites excluding steroid dienone is 5. The number of alkyl halides is 3. The fourth-order valence-electron chi connectivity index (χ4n) is 2.33. The maximum atomic E-state index is 13.0. The summed E-state index contributed by atoms with van der Waals surface area (Å²) in [6, 6.07) is 0.0634. The lowest BCUT2D eigenvalue weighted by Crippen LogP contribution is -2.23. The summed E-state index contributed by atoms with van der Waals surface area (Å²) in [6.45, 7) is 6.03. The summed E-state index contributed by atoms with van der Waals surface area (Å²) in [5.74, 6) is 0.276. The van der Waals surface area contributed by atoms with Gasteiger partial charge in [-0.25, -0.2) is 0 Å². The molecular weight excluding hydrogens is 287 g/mol. The van der Waals surface area contributed by atoms with Crippen LogP contribution < -0.4 is 5.32 Å². The normalized spacial score (nSPS) is 21.1. The number of nitrogens with one attached hydrogen (secondary N) is 1. The van der Waals surface area contributed by atoms with Gasteiger partial charge in [0.05, 0.1) is 5.57 Å². The molecule has 0 saturated heterocycles. The third-order valence-corrected chi connectivity index (χ3v) is 3.71. The lowest BCUT2D eigenvalue weighted by molar-refractivity contribution is -0.0885. The highest BCUT2D eigenvalue weighted by Gasteiger charge is 2.31. The fourth-order valence-corrected chi connectivity index (χ4v) is 2.33. The zero-order valence-electron chi connectivity index (χ0n) is 13.6. The summed E-state index contributed by atoms with van der Waals surface area (Å²) in [5, 5.41) is 3.00. The minimum Gasteiger partial charge on any atom is -0.384 e. The van der Waals surface area contributed by atoms with E-state index in [-0.39, 0.29) is 12.0 Å². The third-order valence-electron chi connectivity index (χ3n) is 3.71. The molecule has 4 heteroatoms. The van der Waals surface area contributed by atoms with Crippen molar-refractivity contribution in [3.8, 4) is 0 Å². The zero-order chi connectivity index (χ0) is 16.6. The third kappa shape index (κ3) is 7.01. The first-order valence-corrected chi connectivity index (χ1v) is 7.87. The largest absolute Gasteiger partial charge is 0.416 e. The molecule has 0 amide bonds. The summed E-state index contributed by atoms with van der Waals surface area (Å²) in [7, 11) is 0. The fraction of sp³-hybridized carbons (Fsp3) is 0.556. The smallest absolute Gasteiger partial charge is 0.384 e. The van der Waals surface area contributed by atoms with Crippen LogP contribution in [0.5, 0.6) is 0 Å². The molecule has 0 heterocycles. The van der Waals surface area contributed by atoms with E-state index in [1.54, 1.807) is 0 Å². The molecule has 0 spiro atoms. The highest BCUT2D eigenvalue weighted by molar-refractivity contribution is 5.26. The van der Waals surface area contributed by atoms with Gasteiger partial charge in [0, 0.05) is 6.04 Å². The summed E-state index contributed by atoms with van der Waals surface area (Å²) in [5.41, 5.74) is 0.609. The molecule has 0 aromatic heterocycles. The zero-order valence-corrected chi connectivity index (χ0v) is 13.6. The Kier molecular flexibility index (Phi) is 7.49. The number of hydrogen-bond acceptors (Lipinski definition) is 1. The van der Waals surface area contributed by atoms with Gasteiger partial charge in [0.2, 0.25) is 0 Å². The highest BCUT2D eigenvalue weighted by Crippen LogP contribution is 2.28. The van der Waals surface area contributed by atoms with E-state index in [4.69, 9.17) is 0 Å². The van der Waals surface area contributed by atoms with Crippen molar-refractivity contribution in [2.75, 3.05) is 0 Å². The van der Waals surface area contributed by atoms with E-state index in [9.17, 15) is 13.2 Å². The van der Waals surface area contributed by atoms with E-state index in [0.717, 1.165) is 25.3 Å². The first kappa shape index (κ1) is 18.6. The standard InChI is InChI=1S/C18H26F3N/c1-4-5-14(2)6-9-16(18(19,20)21)12-13-22-17-10-7-15(3)8-11-17/h7-10,12-14,17,22H,4-6,11H2,1-3H3/b13-12+,16-9?. The Labute approximate surface area is 131 Å². The van der Waals surface area contributed by atoms with Gasteiger partial charge in [-0.15, -0.1) is 0 Å². The van der Waals surface area contributed by atoms with Crippen molar-refractivity contribution in [1.29, 1.82) is 0 Å². The van der Waals surface area contributed by atoms with Crippen LogP contribution in [0.2, 0.25) is 0 Å². The minimum absolute atomic E-state index is 0.0634. The van der Waals surface area contributed by atoms with Crippen molar-refractivity contribution in [3.05, 3.63) is 47.7 Å². The Balaban J connectivity index is 2.60. The number of halogens is 3. The van der Waals surface area contributed by atoms with Gasteiger partial charge in [-0.1, -0.05) is 56.6 Å². The van der Waals surface area contributed by atoms with E-state index in [0.29, 0.717) is 6.42 Å². The molecule has 1 N–H and O–H groups in total. The molecule has 1 aliphatic rings. The van der Waals surface area contributed by atoms with E-state index >= 15 is 0 Å². The topological polar surface area (TPSA) is 12.0 Å². The molecule has 0 bridgehead atoms. The highest BCUT2D eigenvalue weighted by atomic mass is 19.4. The molecule has 0 aromatic carbocycles. The van der Waals surface area contributed by atoms with Gasteiger partial charge >= 0.3 is 6.18 Å². The molecule has 0 radical (unpaired) electrons. The predicted molar refractivity (Wildman–Crippen MR) is 86.4 cm³/mol. The second-order valence-corrected chi connectivity index (χ2v) is 5.94. The molecule has 22 heavy (non-hydrogen) atoms. The van der Waals surface area contributed by atoms with Crippen LogP contribution in [0, 0.1) is 5.92 Å². The van der Waals surface area contributed by atoms with Gasteiger partial charge in [-0.2, -0.15) is 13.2 Å². The first-order valence-electron chi connectivity index (χ1n) is 7.87. The first-order chi connectivity index (χ1) is 10.3. The van der Waals surface area contributed by atoms with E-state index in [1.807, 2.05) is 32.9 Å². The van der Waals surface area contributed by atoms with Crippen LogP contribution in [0.25, 0.3) is 0 Å². The molecule has 0 saturated carbocycles. The molecule has 1 aliphatic carbocycles. The lowest BCUT2D eigenvalue weighted by atomic mass is 10.0. The maximum absolute atomic E-state index is 13.0. The van der Waals surface area contributed by atoms with Crippen LogP contribution in [-0.4, -0.2) is 12.2 Å². The van der Waals surface area contributed by atoms with Crippen LogP contribution in [0.3, 0.4) is 0 Å².